The number of anilines is 3. The minimum Gasteiger partial charge on any atom is -0.370 e. The molecular weight excluding hydrogens is 451 g/mol. The van der Waals surface area contributed by atoms with Crippen molar-refractivity contribution in [2.75, 3.05) is 43.1 Å². The van der Waals surface area contributed by atoms with E-state index in [-0.39, 0.29) is 25.1 Å². The molecule has 1 fully saturated rings. The molecular formula is C21H28F3N9O. The second-order valence-corrected chi connectivity index (χ2v) is 8.52. The van der Waals surface area contributed by atoms with Gasteiger partial charge in [-0.25, -0.2) is 15.0 Å². The standard InChI is InChI=1S/C21H28F3N9O/c1-13(2)16-17-18(33(31-16)8-9-34-11-21(22,23)24)19(28-15-4-5-25-12-27-15)30-20(29-17)32-7-6-26-14(3)10-32/h4-5,12-14,26H,6-11H2,1-3H3,(H,25,27,28,29,30)/t14-/m1/s1. The van der Waals surface area contributed by atoms with Crippen molar-refractivity contribution in [2.45, 2.75) is 45.5 Å². The van der Waals surface area contributed by atoms with Gasteiger partial charge in [0.15, 0.2) is 5.82 Å². The monoisotopic (exact) mass is 479 g/mol. The van der Waals surface area contributed by atoms with E-state index in [0.717, 1.165) is 25.3 Å². The Hall–Kier alpha value is -3.06. The van der Waals surface area contributed by atoms with E-state index in [2.05, 4.69) is 37.5 Å². The van der Waals surface area contributed by atoms with Crippen molar-refractivity contribution in [3.05, 3.63) is 24.3 Å². The molecule has 10 nitrogen and oxygen atoms in total. The third kappa shape index (κ3) is 5.70. The maximum Gasteiger partial charge on any atom is 0.411 e. The van der Waals surface area contributed by atoms with Gasteiger partial charge in [0.2, 0.25) is 5.95 Å². The van der Waals surface area contributed by atoms with Crippen molar-refractivity contribution in [1.82, 2.24) is 35.0 Å². The summed E-state index contributed by atoms with van der Waals surface area (Å²) in [7, 11) is 0. The second kappa shape index (κ2) is 10.1. The fourth-order valence-electron chi connectivity index (χ4n) is 3.81. The first kappa shape index (κ1) is 24.1. The molecule has 1 aliphatic rings. The first-order valence-electron chi connectivity index (χ1n) is 11.2. The minimum absolute atomic E-state index is 0.0384. The molecule has 0 unspecified atom stereocenters. The van der Waals surface area contributed by atoms with E-state index in [0.29, 0.717) is 28.6 Å². The number of alkyl halides is 3. The minimum atomic E-state index is -4.38. The van der Waals surface area contributed by atoms with E-state index in [4.69, 9.17) is 14.7 Å². The summed E-state index contributed by atoms with van der Waals surface area (Å²) in [5.41, 5.74) is 1.98. The van der Waals surface area contributed by atoms with Crippen LogP contribution in [-0.4, -0.2) is 74.8 Å². The van der Waals surface area contributed by atoms with Crippen molar-refractivity contribution in [2.24, 2.45) is 0 Å². The zero-order valence-corrected chi connectivity index (χ0v) is 19.3. The first-order chi connectivity index (χ1) is 16.2. The van der Waals surface area contributed by atoms with Gasteiger partial charge in [0.25, 0.3) is 0 Å². The molecule has 3 aromatic rings. The lowest BCUT2D eigenvalue weighted by molar-refractivity contribution is -0.174. The van der Waals surface area contributed by atoms with Crippen LogP contribution in [0.4, 0.5) is 30.8 Å². The highest BCUT2D eigenvalue weighted by molar-refractivity contribution is 5.90. The number of piperazine rings is 1. The quantitative estimate of drug-likeness (QED) is 0.472. The summed E-state index contributed by atoms with van der Waals surface area (Å²) >= 11 is 0. The van der Waals surface area contributed by atoms with E-state index in [1.54, 1.807) is 16.9 Å². The molecule has 184 valence electrons. The Morgan fingerprint density at radius 2 is 2.12 bits per heavy atom. The molecule has 1 atom stereocenters. The molecule has 0 amide bonds. The van der Waals surface area contributed by atoms with Crippen LogP contribution in [-0.2, 0) is 11.3 Å². The fraction of sp³-hybridized carbons (Fsp3) is 0.571. The van der Waals surface area contributed by atoms with Gasteiger partial charge in [0.05, 0.1) is 18.8 Å². The molecule has 13 heteroatoms. The van der Waals surface area contributed by atoms with E-state index in [9.17, 15) is 13.2 Å². The van der Waals surface area contributed by atoms with Crippen molar-refractivity contribution < 1.29 is 17.9 Å². The van der Waals surface area contributed by atoms with Gasteiger partial charge in [0.1, 0.15) is 29.8 Å². The van der Waals surface area contributed by atoms with Crippen molar-refractivity contribution in [1.29, 1.82) is 0 Å². The van der Waals surface area contributed by atoms with Gasteiger partial charge in [-0.15, -0.1) is 0 Å². The summed E-state index contributed by atoms with van der Waals surface area (Å²) in [5.74, 6) is 1.60. The normalized spacial score (nSPS) is 17.0. The van der Waals surface area contributed by atoms with E-state index < -0.39 is 12.8 Å². The smallest absolute Gasteiger partial charge is 0.370 e. The number of hydrogen-bond acceptors (Lipinski definition) is 9. The molecule has 2 N–H and O–H groups in total. The Balaban J connectivity index is 1.76. The van der Waals surface area contributed by atoms with Crippen molar-refractivity contribution in [3.63, 3.8) is 0 Å². The average molecular weight is 480 g/mol. The van der Waals surface area contributed by atoms with Crippen LogP contribution in [0.1, 0.15) is 32.4 Å². The lowest BCUT2D eigenvalue weighted by Gasteiger charge is -2.32. The molecule has 4 rings (SSSR count). The number of halogens is 3. The van der Waals surface area contributed by atoms with Crippen LogP contribution in [0.25, 0.3) is 11.0 Å². The Kier molecular flexibility index (Phi) is 7.12. The Morgan fingerprint density at radius 3 is 2.79 bits per heavy atom. The molecule has 3 aromatic heterocycles. The molecule has 0 aliphatic carbocycles. The topological polar surface area (TPSA) is 106 Å². The zero-order chi connectivity index (χ0) is 24.3. The van der Waals surface area contributed by atoms with Crippen LogP contribution < -0.4 is 15.5 Å². The van der Waals surface area contributed by atoms with Crippen LogP contribution >= 0.6 is 0 Å². The maximum absolute atomic E-state index is 12.5. The summed E-state index contributed by atoms with van der Waals surface area (Å²) in [4.78, 5) is 19.9. The third-order valence-electron chi connectivity index (χ3n) is 5.34. The Morgan fingerprint density at radius 1 is 1.29 bits per heavy atom. The summed E-state index contributed by atoms with van der Waals surface area (Å²) in [6.07, 6.45) is -1.36. The lowest BCUT2D eigenvalue weighted by Crippen LogP contribution is -2.49. The van der Waals surface area contributed by atoms with Crippen molar-refractivity contribution in [3.8, 4) is 0 Å². The van der Waals surface area contributed by atoms with Gasteiger partial charge in [-0.2, -0.15) is 23.3 Å². The van der Waals surface area contributed by atoms with Gasteiger partial charge in [0, 0.05) is 31.9 Å². The number of nitrogens with one attached hydrogen (secondary N) is 2. The molecule has 34 heavy (non-hydrogen) atoms. The zero-order valence-electron chi connectivity index (χ0n) is 19.3. The molecule has 0 aromatic carbocycles. The molecule has 1 aliphatic heterocycles. The van der Waals surface area contributed by atoms with Gasteiger partial charge in [-0.1, -0.05) is 13.8 Å². The van der Waals surface area contributed by atoms with Gasteiger partial charge >= 0.3 is 6.18 Å². The van der Waals surface area contributed by atoms with Crippen LogP contribution in [0.3, 0.4) is 0 Å². The molecule has 0 saturated carbocycles. The first-order valence-corrected chi connectivity index (χ1v) is 11.2. The predicted molar refractivity (Wildman–Crippen MR) is 121 cm³/mol. The highest BCUT2D eigenvalue weighted by Gasteiger charge is 2.28. The van der Waals surface area contributed by atoms with Gasteiger partial charge < -0.3 is 20.3 Å². The van der Waals surface area contributed by atoms with Crippen LogP contribution in [0.2, 0.25) is 0 Å². The Labute approximate surface area is 194 Å². The summed E-state index contributed by atoms with van der Waals surface area (Å²) in [6.45, 7) is 7.05. The highest BCUT2D eigenvalue weighted by atomic mass is 19.4. The van der Waals surface area contributed by atoms with E-state index in [1.165, 1.54) is 6.33 Å². The summed E-state index contributed by atoms with van der Waals surface area (Å²) < 4.78 is 43.9. The number of fused-ring (bicyclic) bond motifs is 1. The number of aromatic nitrogens is 6. The van der Waals surface area contributed by atoms with Crippen LogP contribution in [0, 0.1) is 0 Å². The van der Waals surface area contributed by atoms with Crippen LogP contribution in [0.5, 0.6) is 0 Å². The largest absolute Gasteiger partial charge is 0.411 e. The number of ether oxygens (including phenoxy) is 1. The van der Waals surface area contributed by atoms with E-state index in [1.807, 2.05) is 13.8 Å². The van der Waals surface area contributed by atoms with Crippen molar-refractivity contribution >= 4 is 28.6 Å². The van der Waals surface area contributed by atoms with E-state index >= 15 is 0 Å². The Bertz CT molecular complexity index is 1100. The maximum atomic E-state index is 12.5. The average Bonchev–Trinajstić information content (AvgIpc) is 3.16. The molecule has 0 bridgehead atoms. The summed E-state index contributed by atoms with van der Waals surface area (Å²) in [6, 6.07) is 1.99. The molecule has 0 spiro atoms. The predicted octanol–water partition coefficient (Wildman–Crippen LogP) is 2.86. The number of hydrogen-bond donors (Lipinski definition) is 2. The molecule has 1 saturated heterocycles. The third-order valence-corrected chi connectivity index (χ3v) is 5.34. The van der Waals surface area contributed by atoms with Crippen LogP contribution in [0.15, 0.2) is 18.6 Å². The lowest BCUT2D eigenvalue weighted by atomic mass is 10.1. The highest BCUT2D eigenvalue weighted by Crippen LogP contribution is 2.31. The van der Waals surface area contributed by atoms with Gasteiger partial charge in [-0.05, 0) is 18.9 Å². The number of rotatable bonds is 8. The SMILES string of the molecule is CC(C)c1nn(CCOCC(F)(F)F)c2c(Nc3ccncn3)nc(N3CCN[C@H](C)C3)nc12. The fourth-order valence-corrected chi connectivity index (χ4v) is 3.81. The number of nitrogens with zero attached hydrogens (tertiary/aromatic N) is 7. The molecule has 4 heterocycles. The molecule has 0 radical (unpaired) electrons. The second-order valence-electron chi connectivity index (χ2n) is 8.52. The summed E-state index contributed by atoms with van der Waals surface area (Å²) in [5, 5.41) is 11.3. The van der Waals surface area contributed by atoms with Gasteiger partial charge in [-0.3, -0.25) is 4.68 Å².